The van der Waals surface area contributed by atoms with Crippen molar-refractivity contribution in [2.45, 2.75) is 19.4 Å². The number of nitrogens with one attached hydrogen (secondary N) is 1. The van der Waals surface area contributed by atoms with E-state index in [0.29, 0.717) is 6.04 Å². The molecule has 0 spiro atoms. The summed E-state index contributed by atoms with van der Waals surface area (Å²) in [5, 5.41) is 7.74. The number of nitrogens with zero attached hydrogens (tertiary/aromatic N) is 1. The summed E-state index contributed by atoms with van der Waals surface area (Å²) in [6.45, 7) is 6.72. The molecule has 1 aliphatic heterocycles. The first-order chi connectivity index (χ1) is 5.43. The van der Waals surface area contributed by atoms with Crippen LogP contribution < -0.4 is 10.6 Å². The molecule has 3 heteroatoms. The first-order valence-electron chi connectivity index (χ1n) is 4.38. The molecule has 0 aromatic carbocycles. The van der Waals surface area contributed by atoms with E-state index in [0.717, 1.165) is 32.8 Å². The Morgan fingerprint density at radius 1 is 1.64 bits per heavy atom. The molecular weight excluding hydrogens is 140 g/mol. The van der Waals surface area contributed by atoms with Crippen LogP contribution in [-0.4, -0.2) is 38.9 Å². The molecule has 11 heavy (non-hydrogen) atoms. The molecule has 1 rings (SSSR count). The summed E-state index contributed by atoms with van der Waals surface area (Å²) in [6, 6.07) is 0.398. The fraction of sp³-hybridized carbons (Fsp3) is 1.00. The number of rotatable bonds is 4. The normalized spacial score (nSPS) is 25.4. The third kappa shape index (κ3) is 3.70. The zero-order valence-corrected chi connectivity index (χ0v) is 7.18. The molecule has 1 atom stereocenters. The topological polar surface area (TPSA) is 35.4 Å². The zero-order valence-electron chi connectivity index (χ0n) is 7.18. The second-order valence-corrected chi connectivity index (χ2v) is 2.84. The van der Waals surface area contributed by atoms with Crippen molar-refractivity contribution < 1.29 is 4.74 Å². The predicted octanol–water partition coefficient (Wildman–Crippen LogP) is -0.0108. The Labute approximate surface area is 68.5 Å². The molecule has 1 fully saturated rings. The zero-order chi connectivity index (χ0) is 7.94. The molecule has 65 valence electrons. The Balaban J connectivity index is 1.96. The van der Waals surface area contributed by atoms with Gasteiger partial charge in [0.15, 0.2) is 0 Å². The van der Waals surface area contributed by atoms with Crippen LogP contribution in [0.5, 0.6) is 0 Å². The van der Waals surface area contributed by atoms with Crippen molar-refractivity contribution >= 4 is 0 Å². The summed E-state index contributed by atoms with van der Waals surface area (Å²) in [4.78, 5) is 0. The van der Waals surface area contributed by atoms with Gasteiger partial charge in [0.25, 0.3) is 0 Å². The fourth-order valence-corrected chi connectivity index (χ4v) is 1.14. The summed E-state index contributed by atoms with van der Waals surface area (Å²) in [5.74, 6) is 0. The van der Waals surface area contributed by atoms with Gasteiger partial charge in [0.2, 0.25) is 0 Å². The second-order valence-electron chi connectivity index (χ2n) is 2.84. The van der Waals surface area contributed by atoms with Crippen LogP contribution >= 0.6 is 0 Å². The molecule has 0 aromatic heterocycles. The summed E-state index contributed by atoms with van der Waals surface area (Å²) in [7, 11) is 0. The number of ether oxygens (including phenoxy) is 1. The minimum atomic E-state index is 0.398. The number of hydrogen-bond acceptors (Lipinski definition) is 2. The molecule has 3 nitrogen and oxygen atoms in total. The first kappa shape index (κ1) is 8.97. The first-order valence-corrected chi connectivity index (χ1v) is 4.38. The summed E-state index contributed by atoms with van der Waals surface area (Å²) >= 11 is 0. The van der Waals surface area contributed by atoms with Gasteiger partial charge in [-0.05, 0) is 13.0 Å². The Morgan fingerprint density at radius 2 is 2.55 bits per heavy atom. The SMILES string of the molecule is CCCNCC1COCC[N]1. The number of hydrogen-bond donors (Lipinski definition) is 1. The molecule has 1 heterocycles. The minimum Gasteiger partial charge on any atom is -0.378 e. The lowest BCUT2D eigenvalue weighted by Gasteiger charge is -2.22. The maximum Gasteiger partial charge on any atom is 0.0649 e. The van der Waals surface area contributed by atoms with Gasteiger partial charge in [0.05, 0.1) is 19.3 Å². The highest BCUT2D eigenvalue weighted by Gasteiger charge is 2.12. The van der Waals surface area contributed by atoms with Crippen molar-refractivity contribution in [3.8, 4) is 0 Å². The second kappa shape index (κ2) is 5.52. The minimum absolute atomic E-state index is 0.398. The molecular formula is C8H17N2O. The van der Waals surface area contributed by atoms with Crippen LogP contribution in [-0.2, 0) is 4.74 Å². The summed E-state index contributed by atoms with van der Waals surface area (Å²) in [5.41, 5.74) is 0. The summed E-state index contributed by atoms with van der Waals surface area (Å²) < 4.78 is 5.28. The van der Waals surface area contributed by atoms with E-state index in [-0.39, 0.29) is 0 Å². The lowest BCUT2D eigenvalue weighted by molar-refractivity contribution is 0.0745. The van der Waals surface area contributed by atoms with Crippen molar-refractivity contribution in [1.29, 1.82) is 0 Å². The van der Waals surface area contributed by atoms with E-state index in [9.17, 15) is 0 Å². The highest BCUT2D eigenvalue weighted by Crippen LogP contribution is 1.92. The van der Waals surface area contributed by atoms with Gasteiger partial charge in [0, 0.05) is 13.1 Å². The van der Waals surface area contributed by atoms with Gasteiger partial charge in [-0.25, -0.2) is 5.32 Å². The quantitative estimate of drug-likeness (QED) is 0.582. The van der Waals surface area contributed by atoms with E-state index in [1.54, 1.807) is 0 Å². The van der Waals surface area contributed by atoms with Gasteiger partial charge >= 0.3 is 0 Å². The van der Waals surface area contributed by atoms with Gasteiger partial charge in [-0.1, -0.05) is 6.92 Å². The molecule has 1 radical (unpaired) electrons. The molecule has 1 saturated heterocycles. The third-order valence-corrected chi connectivity index (χ3v) is 1.74. The predicted molar refractivity (Wildman–Crippen MR) is 44.8 cm³/mol. The molecule has 0 saturated carbocycles. The Hall–Kier alpha value is -0.120. The Kier molecular flexibility index (Phi) is 4.50. The Morgan fingerprint density at radius 3 is 3.18 bits per heavy atom. The van der Waals surface area contributed by atoms with Crippen LogP contribution in [0.1, 0.15) is 13.3 Å². The van der Waals surface area contributed by atoms with Crippen LogP contribution in [0.2, 0.25) is 0 Å². The molecule has 1 aliphatic rings. The third-order valence-electron chi connectivity index (χ3n) is 1.74. The van der Waals surface area contributed by atoms with Gasteiger partial charge in [-0.15, -0.1) is 0 Å². The van der Waals surface area contributed by atoms with E-state index in [1.165, 1.54) is 6.42 Å². The van der Waals surface area contributed by atoms with E-state index in [2.05, 4.69) is 17.6 Å². The van der Waals surface area contributed by atoms with E-state index in [4.69, 9.17) is 4.74 Å². The van der Waals surface area contributed by atoms with Gasteiger partial charge in [-0.3, -0.25) is 0 Å². The largest absolute Gasteiger partial charge is 0.378 e. The monoisotopic (exact) mass is 157 g/mol. The van der Waals surface area contributed by atoms with Gasteiger partial charge in [0.1, 0.15) is 0 Å². The molecule has 0 aliphatic carbocycles. The highest BCUT2D eigenvalue weighted by molar-refractivity contribution is 4.71. The summed E-state index contributed by atoms with van der Waals surface area (Å²) in [6.07, 6.45) is 1.19. The van der Waals surface area contributed by atoms with Crippen molar-refractivity contribution in [3.63, 3.8) is 0 Å². The average Bonchev–Trinajstić information content (AvgIpc) is 2.07. The van der Waals surface area contributed by atoms with E-state index >= 15 is 0 Å². The maximum absolute atomic E-state index is 5.28. The fourth-order valence-electron chi connectivity index (χ4n) is 1.14. The van der Waals surface area contributed by atoms with Crippen LogP contribution in [0, 0.1) is 0 Å². The van der Waals surface area contributed by atoms with Crippen LogP contribution in [0.3, 0.4) is 0 Å². The van der Waals surface area contributed by atoms with Gasteiger partial charge in [-0.2, -0.15) is 0 Å². The molecule has 0 bridgehead atoms. The van der Waals surface area contributed by atoms with Crippen molar-refractivity contribution in [2.24, 2.45) is 0 Å². The number of morpholine rings is 1. The van der Waals surface area contributed by atoms with Crippen molar-refractivity contribution in [2.75, 3.05) is 32.8 Å². The van der Waals surface area contributed by atoms with Crippen LogP contribution in [0.15, 0.2) is 0 Å². The molecule has 1 N–H and O–H groups in total. The van der Waals surface area contributed by atoms with Crippen LogP contribution in [0.4, 0.5) is 0 Å². The molecule has 0 amide bonds. The van der Waals surface area contributed by atoms with Crippen molar-refractivity contribution in [3.05, 3.63) is 0 Å². The lowest BCUT2D eigenvalue weighted by atomic mass is 10.3. The smallest absolute Gasteiger partial charge is 0.0649 e. The van der Waals surface area contributed by atoms with Gasteiger partial charge < -0.3 is 10.1 Å². The average molecular weight is 157 g/mol. The van der Waals surface area contributed by atoms with E-state index < -0.39 is 0 Å². The standard InChI is InChI=1S/C8H17N2O/c1-2-3-9-6-8-7-11-5-4-10-8/h8-9H,2-7H2,1H3. The maximum atomic E-state index is 5.28. The molecule has 0 aromatic rings. The van der Waals surface area contributed by atoms with E-state index in [1.807, 2.05) is 0 Å². The lowest BCUT2D eigenvalue weighted by Crippen LogP contribution is -2.43. The van der Waals surface area contributed by atoms with Crippen molar-refractivity contribution in [1.82, 2.24) is 10.6 Å². The van der Waals surface area contributed by atoms with Crippen LogP contribution in [0.25, 0.3) is 0 Å². The Bertz CT molecular complexity index is 92.1. The molecule has 1 unspecified atom stereocenters. The highest BCUT2D eigenvalue weighted by atomic mass is 16.5.